The summed E-state index contributed by atoms with van der Waals surface area (Å²) < 4.78 is 27.2. The van der Waals surface area contributed by atoms with Crippen molar-refractivity contribution >= 4 is 5.78 Å². The smallest absolute Gasteiger partial charge is 0.217 e. The fraction of sp³-hybridized carbons (Fsp3) is 0.0833. The molecule has 0 atom stereocenters. The Morgan fingerprint density at radius 1 is 1.24 bits per heavy atom. The van der Waals surface area contributed by atoms with Gasteiger partial charge in [0.25, 0.3) is 0 Å². The van der Waals surface area contributed by atoms with Gasteiger partial charge in [0.2, 0.25) is 5.78 Å². The molecule has 0 bridgehead atoms. The van der Waals surface area contributed by atoms with Crippen molar-refractivity contribution in [1.82, 2.24) is 9.97 Å². The maximum atomic E-state index is 13.7. The van der Waals surface area contributed by atoms with E-state index in [2.05, 4.69) is 9.97 Å². The van der Waals surface area contributed by atoms with Crippen molar-refractivity contribution in [3.05, 3.63) is 59.2 Å². The molecule has 0 spiro atoms. The lowest BCUT2D eigenvalue weighted by Crippen LogP contribution is -2.10. The van der Waals surface area contributed by atoms with E-state index in [1.165, 1.54) is 25.3 Å². The third-order valence-corrected chi connectivity index (χ3v) is 2.33. The molecular weight excluding hydrogens is 226 g/mol. The summed E-state index contributed by atoms with van der Waals surface area (Å²) in [7, 11) is 0. The van der Waals surface area contributed by atoms with Gasteiger partial charge in [-0.2, -0.15) is 0 Å². The van der Waals surface area contributed by atoms with Crippen molar-refractivity contribution < 1.29 is 13.6 Å². The standard InChI is InChI=1S/C12H8F2N2O/c1-7-2-3-8(13)10(11(7)14)12(17)9-4-5-15-6-16-9/h2-6H,1H3. The lowest BCUT2D eigenvalue weighted by Gasteiger charge is -2.05. The third-order valence-electron chi connectivity index (χ3n) is 2.33. The number of carbonyl (C=O) groups is 1. The zero-order valence-corrected chi connectivity index (χ0v) is 8.95. The average molecular weight is 234 g/mol. The largest absolute Gasteiger partial charge is 0.287 e. The van der Waals surface area contributed by atoms with E-state index in [-0.39, 0.29) is 11.3 Å². The summed E-state index contributed by atoms with van der Waals surface area (Å²) in [5, 5.41) is 0. The molecule has 0 amide bonds. The molecule has 5 heteroatoms. The molecule has 3 nitrogen and oxygen atoms in total. The van der Waals surface area contributed by atoms with Gasteiger partial charge in [-0.1, -0.05) is 6.07 Å². The van der Waals surface area contributed by atoms with E-state index >= 15 is 0 Å². The van der Waals surface area contributed by atoms with Crippen LogP contribution < -0.4 is 0 Å². The molecule has 0 fully saturated rings. The predicted molar refractivity (Wildman–Crippen MR) is 56.6 cm³/mol. The maximum Gasteiger partial charge on any atom is 0.217 e. The van der Waals surface area contributed by atoms with Gasteiger partial charge in [0, 0.05) is 6.20 Å². The topological polar surface area (TPSA) is 42.9 Å². The van der Waals surface area contributed by atoms with Crippen molar-refractivity contribution in [2.24, 2.45) is 0 Å². The number of carbonyl (C=O) groups excluding carboxylic acids is 1. The number of aromatic nitrogens is 2. The van der Waals surface area contributed by atoms with Gasteiger partial charge in [-0.05, 0) is 24.6 Å². The van der Waals surface area contributed by atoms with Gasteiger partial charge in [-0.15, -0.1) is 0 Å². The number of ketones is 1. The van der Waals surface area contributed by atoms with E-state index in [1.807, 2.05) is 0 Å². The van der Waals surface area contributed by atoms with E-state index in [1.54, 1.807) is 0 Å². The molecule has 0 saturated carbocycles. The first-order valence-electron chi connectivity index (χ1n) is 4.86. The van der Waals surface area contributed by atoms with Crippen molar-refractivity contribution in [3.8, 4) is 0 Å². The quantitative estimate of drug-likeness (QED) is 0.749. The van der Waals surface area contributed by atoms with Crippen LogP contribution in [-0.4, -0.2) is 15.8 Å². The molecule has 86 valence electrons. The van der Waals surface area contributed by atoms with Crippen LogP contribution in [-0.2, 0) is 0 Å². The Hall–Kier alpha value is -2.17. The summed E-state index contributed by atoms with van der Waals surface area (Å²) in [6.07, 6.45) is 2.49. The minimum atomic E-state index is -0.892. The zero-order chi connectivity index (χ0) is 12.4. The molecule has 0 radical (unpaired) electrons. The Balaban J connectivity index is 2.56. The van der Waals surface area contributed by atoms with Crippen LogP contribution in [0.15, 0.2) is 30.7 Å². The molecule has 1 aromatic carbocycles. The molecule has 0 unspecified atom stereocenters. The molecule has 0 aliphatic carbocycles. The number of rotatable bonds is 2. The number of benzene rings is 1. The normalized spacial score (nSPS) is 10.3. The third kappa shape index (κ3) is 2.04. The van der Waals surface area contributed by atoms with Crippen LogP contribution in [0.4, 0.5) is 8.78 Å². The summed E-state index contributed by atoms with van der Waals surface area (Å²) in [6, 6.07) is 3.65. The fourth-order valence-electron chi connectivity index (χ4n) is 1.42. The summed E-state index contributed by atoms with van der Waals surface area (Å²) in [5.74, 6) is -2.53. The first-order valence-corrected chi connectivity index (χ1v) is 4.86. The number of aryl methyl sites for hydroxylation is 1. The Morgan fingerprint density at radius 2 is 2.00 bits per heavy atom. The van der Waals surface area contributed by atoms with Crippen molar-refractivity contribution in [2.75, 3.05) is 0 Å². The van der Waals surface area contributed by atoms with Crippen LogP contribution in [0.2, 0.25) is 0 Å². The summed E-state index contributed by atoms with van der Waals surface area (Å²) >= 11 is 0. The van der Waals surface area contributed by atoms with Crippen molar-refractivity contribution in [2.45, 2.75) is 6.92 Å². The highest BCUT2D eigenvalue weighted by Crippen LogP contribution is 2.18. The van der Waals surface area contributed by atoms with Gasteiger partial charge in [0.1, 0.15) is 23.7 Å². The molecule has 2 aromatic rings. The molecule has 17 heavy (non-hydrogen) atoms. The SMILES string of the molecule is Cc1ccc(F)c(C(=O)c2ccncn2)c1F. The van der Waals surface area contributed by atoms with Crippen molar-refractivity contribution in [1.29, 1.82) is 0 Å². The number of hydrogen-bond donors (Lipinski definition) is 0. The van der Waals surface area contributed by atoms with Crippen LogP contribution in [0.25, 0.3) is 0 Å². The zero-order valence-electron chi connectivity index (χ0n) is 8.95. The van der Waals surface area contributed by atoms with Gasteiger partial charge in [-0.3, -0.25) is 4.79 Å². The van der Waals surface area contributed by atoms with E-state index < -0.39 is 23.0 Å². The minimum absolute atomic E-state index is 0.0385. The van der Waals surface area contributed by atoms with Gasteiger partial charge in [-0.25, -0.2) is 18.7 Å². The Morgan fingerprint density at radius 3 is 2.65 bits per heavy atom. The van der Waals surface area contributed by atoms with Gasteiger partial charge >= 0.3 is 0 Å². The minimum Gasteiger partial charge on any atom is -0.287 e. The first kappa shape index (κ1) is 11.3. The first-order chi connectivity index (χ1) is 8.11. The highest BCUT2D eigenvalue weighted by atomic mass is 19.1. The molecule has 0 saturated heterocycles. The summed E-state index contributed by atoms with van der Waals surface area (Å²) in [6.45, 7) is 1.46. The molecular formula is C12H8F2N2O. The van der Waals surface area contributed by atoms with Gasteiger partial charge in [0.05, 0.1) is 5.56 Å². The predicted octanol–water partition coefficient (Wildman–Crippen LogP) is 2.29. The van der Waals surface area contributed by atoms with Crippen LogP contribution in [0.3, 0.4) is 0 Å². The van der Waals surface area contributed by atoms with E-state index in [9.17, 15) is 13.6 Å². The maximum absolute atomic E-state index is 13.7. The molecule has 0 aliphatic rings. The number of nitrogens with zero attached hydrogens (tertiary/aromatic N) is 2. The second-order valence-corrected chi connectivity index (χ2v) is 3.48. The second kappa shape index (κ2) is 4.37. The van der Waals surface area contributed by atoms with Crippen LogP contribution >= 0.6 is 0 Å². The molecule has 0 aliphatic heterocycles. The van der Waals surface area contributed by atoms with Crippen LogP contribution in [0.1, 0.15) is 21.6 Å². The van der Waals surface area contributed by atoms with Crippen LogP contribution in [0, 0.1) is 18.6 Å². The molecule has 1 heterocycles. The monoisotopic (exact) mass is 234 g/mol. The second-order valence-electron chi connectivity index (χ2n) is 3.48. The average Bonchev–Trinajstić information content (AvgIpc) is 2.35. The van der Waals surface area contributed by atoms with Crippen LogP contribution in [0.5, 0.6) is 0 Å². The number of halogens is 2. The Labute approximate surface area is 96.2 Å². The lowest BCUT2D eigenvalue weighted by atomic mass is 10.0. The van der Waals surface area contributed by atoms with Gasteiger partial charge in [0.15, 0.2) is 0 Å². The Bertz CT molecular complexity index is 570. The molecule has 2 rings (SSSR count). The number of hydrogen-bond acceptors (Lipinski definition) is 3. The highest BCUT2D eigenvalue weighted by Gasteiger charge is 2.21. The van der Waals surface area contributed by atoms with Gasteiger partial charge < -0.3 is 0 Å². The summed E-state index contributed by atoms with van der Waals surface area (Å²) in [4.78, 5) is 19.2. The highest BCUT2D eigenvalue weighted by molar-refractivity contribution is 6.08. The van der Waals surface area contributed by atoms with E-state index in [4.69, 9.17) is 0 Å². The lowest BCUT2D eigenvalue weighted by molar-refractivity contribution is 0.102. The molecule has 1 aromatic heterocycles. The van der Waals surface area contributed by atoms with E-state index in [0.29, 0.717) is 0 Å². The Kier molecular flexibility index (Phi) is 2.91. The van der Waals surface area contributed by atoms with Crippen molar-refractivity contribution in [3.63, 3.8) is 0 Å². The summed E-state index contributed by atoms with van der Waals surface area (Å²) in [5.41, 5.74) is -0.407. The fourth-order valence-corrected chi connectivity index (χ4v) is 1.42. The van der Waals surface area contributed by atoms with E-state index in [0.717, 1.165) is 12.4 Å². The molecule has 0 N–H and O–H groups in total.